The second-order valence-electron chi connectivity index (χ2n) is 9.85. The van der Waals surface area contributed by atoms with Crippen molar-refractivity contribution in [3.8, 4) is 28.7 Å². The zero-order valence-corrected chi connectivity index (χ0v) is 23.4. The minimum absolute atomic E-state index is 0.108. The van der Waals surface area contributed by atoms with Crippen LogP contribution >= 0.6 is 11.5 Å². The van der Waals surface area contributed by atoms with Gasteiger partial charge in [0.15, 0.2) is 11.5 Å². The number of hydrogen-bond acceptors (Lipinski definition) is 9. The van der Waals surface area contributed by atoms with Gasteiger partial charge in [-0.3, -0.25) is 9.59 Å². The summed E-state index contributed by atoms with van der Waals surface area (Å²) in [6, 6.07) is 15.6. The molecular weight excluding hydrogens is 544 g/mol. The molecule has 2 amide bonds. The molecule has 4 aromatic rings. The van der Waals surface area contributed by atoms with E-state index in [1.807, 2.05) is 41.3 Å². The second kappa shape index (κ2) is 11.1. The van der Waals surface area contributed by atoms with Crippen molar-refractivity contribution in [3.63, 3.8) is 0 Å². The fraction of sp³-hybridized carbons (Fsp3) is 0.267. The highest BCUT2D eigenvalue weighted by molar-refractivity contribution is 7.08. The Labute approximate surface area is 240 Å². The van der Waals surface area contributed by atoms with Crippen LogP contribution in [0.15, 0.2) is 54.6 Å². The van der Waals surface area contributed by atoms with E-state index in [0.717, 1.165) is 28.2 Å². The van der Waals surface area contributed by atoms with Gasteiger partial charge in [0, 0.05) is 13.1 Å². The fourth-order valence-corrected chi connectivity index (χ4v) is 5.84. The molecule has 41 heavy (non-hydrogen) atoms. The van der Waals surface area contributed by atoms with Crippen molar-refractivity contribution >= 4 is 23.3 Å². The first-order valence-corrected chi connectivity index (χ1v) is 14.0. The summed E-state index contributed by atoms with van der Waals surface area (Å²) in [7, 11) is 1.55. The smallest absolute Gasteiger partial charge is 0.268 e. The van der Waals surface area contributed by atoms with E-state index in [2.05, 4.69) is 14.9 Å². The Kier molecular flexibility index (Phi) is 7.19. The number of carbonyl (C=O) groups excluding carboxylic acids is 2. The van der Waals surface area contributed by atoms with Crippen molar-refractivity contribution in [2.24, 2.45) is 0 Å². The van der Waals surface area contributed by atoms with E-state index < -0.39 is 11.9 Å². The van der Waals surface area contributed by atoms with E-state index in [-0.39, 0.29) is 17.2 Å². The molecule has 0 saturated carbocycles. The summed E-state index contributed by atoms with van der Waals surface area (Å²) >= 11 is 1.10. The molecule has 210 valence electrons. The van der Waals surface area contributed by atoms with Crippen LogP contribution in [0.3, 0.4) is 0 Å². The van der Waals surface area contributed by atoms with Gasteiger partial charge in [0.05, 0.1) is 31.0 Å². The molecule has 11 heteroatoms. The van der Waals surface area contributed by atoms with Gasteiger partial charge < -0.3 is 29.5 Å². The van der Waals surface area contributed by atoms with Crippen LogP contribution in [0, 0.1) is 6.92 Å². The molecule has 7 rings (SSSR count). The van der Waals surface area contributed by atoms with Gasteiger partial charge in [-0.1, -0.05) is 16.6 Å². The second-order valence-corrected chi connectivity index (χ2v) is 10.6. The van der Waals surface area contributed by atoms with Gasteiger partial charge in [0.2, 0.25) is 0 Å². The van der Waals surface area contributed by atoms with Gasteiger partial charge in [-0.05, 0) is 90.5 Å². The predicted molar refractivity (Wildman–Crippen MR) is 151 cm³/mol. The van der Waals surface area contributed by atoms with E-state index in [1.165, 1.54) is 12.1 Å². The number of rotatable bonds is 2. The number of phenolic OH excluding ortho intramolecular Hbond substituents is 1. The largest absolute Gasteiger partial charge is 0.507 e. The summed E-state index contributed by atoms with van der Waals surface area (Å²) in [5.74, 6) is 1.27. The van der Waals surface area contributed by atoms with Gasteiger partial charge in [0.1, 0.15) is 22.1 Å². The minimum atomic E-state index is -0.419. The zero-order valence-electron chi connectivity index (χ0n) is 22.5. The third-order valence-corrected chi connectivity index (χ3v) is 8.07. The molecule has 1 unspecified atom stereocenters. The van der Waals surface area contributed by atoms with Gasteiger partial charge in [-0.2, -0.15) is 0 Å². The first-order chi connectivity index (χ1) is 19.9. The number of methoxy groups -OCH3 is 1. The number of hydrogen-bond donors (Lipinski definition) is 2. The summed E-state index contributed by atoms with van der Waals surface area (Å²) < 4.78 is 22.0. The summed E-state index contributed by atoms with van der Waals surface area (Å²) in [5.41, 5.74) is 3.51. The standard InChI is InChI=1S/C30H28N4O6S/c1-17-28(41-33-32-17)30(37)34-11-9-18-14-26-25(38-2)16-22(18)27(34)19-5-3-6-20(13-19)39-12-4-10-31-29(36)23-15-21(40-26)7-8-24(23)35/h3,5-8,13-16,27,35H,4,9-12H2,1-2H3,(H,31,36). The Morgan fingerprint density at radius 1 is 1.17 bits per heavy atom. The van der Waals surface area contributed by atoms with Gasteiger partial charge >= 0.3 is 0 Å². The lowest BCUT2D eigenvalue weighted by Gasteiger charge is -2.38. The highest BCUT2D eigenvalue weighted by atomic mass is 32.1. The number of benzene rings is 3. The number of nitrogens with zero attached hydrogens (tertiary/aromatic N) is 3. The highest BCUT2D eigenvalue weighted by Gasteiger charge is 2.35. The Balaban J connectivity index is 1.49. The number of phenols is 1. The lowest BCUT2D eigenvalue weighted by Crippen LogP contribution is -2.40. The van der Waals surface area contributed by atoms with Crippen LogP contribution in [0.2, 0.25) is 0 Å². The number of aromatic hydroxyl groups is 1. The summed E-state index contributed by atoms with van der Waals surface area (Å²) in [6.45, 7) is 2.98. The normalized spacial score (nSPS) is 16.6. The molecule has 1 atom stereocenters. The summed E-state index contributed by atoms with van der Waals surface area (Å²) in [5, 5.41) is 17.2. The number of nitrogens with one attached hydrogen (secondary N) is 1. The van der Waals surface area contributed by atoms with Gasteiger partial charge in [-0.25, -0.2) is 0 Å². The number of ether oxygens (including phenoxy) is 3. The zero-order chi connectivity index (χ0) is 28.5. The molecule has 0 fully saturated rings. The Morgan fingerprint density at radius 2 is 2.05 bits per heavy atom. The number of carbonyl (C=O) groups is 2. The molecule has 0 saturated heterocycles. The molecule has 0 spiro atoms. The first kappa shape index (κ1) is 26.6. The van der Waals surface area contributed by atoms with E-state index in [0.29, 0.717) is 66.1 Å². The quantitative estimate of drug-likeness (QED) is 0.356. The van der Waals surface area contributed by atoms with Crippen LogP contribution in [0.1, 0.15) is 54.9 Å². The van der Waals surface area contributed by atoms with Crippen LogP contribution in [0.4, 0.5) is 0 Å². The van der Waals surface area contributed by atoms with Crippen molar-refractivity contribution in [1.29, 1.82) is 0 Å². The van der Waals surface area contributed by atoms with E-state index in [9.17, 15) is 14.7 Å². The van der Waals surface area contributed by atoms with Crippen molar-refractivity contribution in [2.45, 2.75) is 25.8 Å². The number of amides is 2. The van der Waals surface area contributed by atoms with Gasteiger partial charge in [0.25, 0.3) is 11.8 Å². The predicted octanol–water partition coefficient (Wildman–Crippen LogP) is 4.65. The van der Waals surface area contributed by atoms with Crippen molar-refractivity contribution in [3.05, 3.63) is 87.4 Å². The van der Waals surface area contributed by atoms with Crippen LogP contribution < -0.4 is 19.5 Å². The summed E-state index contributed by atoms with van der Waals surface area (Å²) in [4.78, 5) is 29.0. The maximum atomic E-state index is 13.8. The summed E-state index contributed by atoms with van der Waals surface area (Å²) in [6.07, 6.45) is 1.14. The van der Waals surface area contributed by atoms with E-state index in [1.54, 1.807) is 20.1 Å². The Bertz CT molecular complexity index is 1640. The lowest BCUT2D eigenvalue weighted by molar-refractivity contribution is 0.0697. The number of aromatic nitrogens is 2. The molecule has 10 nitrogen and oxygen atoms in total. The number of fused-ring (bicyclic) bond motifs is 6. The monoisotopic (exact) mass is 572 g/mol. The van der Waals surface area contributed by atoms with E-state index in [4.69, 9.17) is 14.2 Å². The molecule has 3 aliphatic heterocycles. The Hall–Kier alpha value is -4.64. The molecule has 4 heterocycles. The van der Waals surface area contributed by atoms with Crippen molar-refractivity contribution < 1.29 is 28.9 Å². The molecule has 0 radical (unpaired) electrons. The van der Waals surface area contributed by atoms with Crippen LogP contribution in [0.5, 0.6) is 28.7 Å². The maximum absolute atomic E-state index is 13.8. The molecule has 2 N–H and O–H groups in total. The molecule has 8 bridgehead atoms. The Morgan fingerprint density at radius 3 is 2.85 bits per heavy atom. The molecular formula is C30H28N4O6S. The van der Waals surface area contributed by atoms with Crippen LogP contribution in [-0.2, 0) is 6.42 Å². The topological polar surface area (TPSA) is 123 Å². The molecule has 3 aromatic carbocycles. The fourth-order valence-electron chi connectivity index (χ4n) is 5.22. The first-order valence-electron chi connectivity index (χ1n) is 13.3. The third-order valence-electron chi connectivity index (χ3n) is 7.25. The van der Waals surface area contributed by atoms with Crippen LogP contribution in [0.25, 0.3) is 0 Å². The minimum Gasteiger partial charge on any atom is -0.507 e. The van der Waals surface area contributed by atoms with Crippen molar-refractivity contribution in [1.82, 2.24) is 19.8 Å². The van der Waals surface area contributed by atoms with E-state index >= 15 is 0 Å². The maximum Gasteiger partial charge on any atom is 0.268 e. The lowest BCUT2D eigenvalue weighted by atomic mass is 9.87. The average molecular weight is 573 g/mol. The molecule has 0 aliphatic carbocycles. The average Bonchev–Trinajstić information content (AvgIpc) is 3.41. The van der Waals surface area contributed by atoms with Crippen molar-refractivity contribution in [2.75, 3.05) is 26.8 Å². The SMILES string of the molecule is COc1cc2c3cc1Oc1ccc(O)c(c1)C(=O)NCCCOc1cccc(c1)C2N(C(=O)c1snnc1C)CC3. The highest BCUT2D eigenvalue weighted by Crippen LogP contribution is 2.44. The van der Waals surface area contributed by atoms with Crippen LogP contribution in [-0.4, -0.2) is 58.2 Å². The number of aryl methyl sites for hydroxylation is 1. The third kappa shape index (κ3) is 5.16. The molecule has 3 aliphatic rings. The van der Waals surface area contributed by atoms with Gasteiger partial charge in [-0.15, -0.1) is 5.10 Å². The molecule has 1 aromatic heterocycles.